The molecule has 0 spiro atoms. The molecule has 2 N–H and O–H groups in total. The van der Waals surface area contributed by atoms with Gasteiger partial charge >= 0.3 is 0 Å². The molecule has 0 aromatic heterocycles. The smallest absolute Gasteiger partial charge is 0.0692 e. The van der Waals surface area contributed by atoms with Crippen LogP contribution in [0.5, 0.6) is 0 Å². The number of aliphatic hydroxyl groups is 1. The average molecular weight is 237 g/mol. The van der Waals surface area contributed by atoms with Gasteiger partial charge in [-0.3, -0.25) is 0 Å². The van der Waals surface area contributed by atoms with E-state index in [0.29, 0.717) is 5.92 Å². The number of aliphatic hydroxyl groups excluding tert-OH is 1. The fraction of sp³-hybridized carbons (Fsp3) is 0.867. The van der Waals surface area contributed by atoms with Gasteiger partial charge < -0.3 is 10.4 Å². The minimum absolute atomic E-state index is 0.167. The lowest BCUT2D eigenvalue weighted by Gasteiger charge is -2.23. The summed E-state index contributed by atoms with van der Waals surface area (Å²) in [5, 5.41) is 13.5. The molecule has 2 aliphatic rings. The van der Waals surface area contributed by atoms with E-state index in [4.69, 9.17) is 0 Å². The van der Waals surface area contributed by atoms with E-state index in [9.17, 15) is 5.11 Å². The quantitative estimate of drug-likeness (QED) is 0.667. The average Bonchev–Trinajstić information content (AvgIpc) is 2.92. The SMILES string of the molecule is CCC(CC)C(O)CNCC1CC2C=CC1C2. The van der Waals surface area contributed by atoms with Crippen LogP contribution in [0.3, 0.4) is 0 Å². The van der Waals surface area contributed by atoms with Gasteiger partial charge in [0.2, 0.25) is 0 Å². The molecule has 0 aliphatic heterocycles. The summed E-state index contributed by atoms with van der Waals surface area (Å²) in [7, 11) is 0. The van der Waals surface area contributed by atoms with E-state index in [-0.39, 0.29) is 6.10 Å². The Balaban J connectivity index is 1.64. The molecule has 0 heterocycles. The largest absolute Gasteiger partial charge is 0.392 e. The third-order valence-corrected chi connectivity index (χ3v) is 4.77. The minimum Gasteiger partial charge on any atom is -0.392 e. The number of nitrogens with one attached hydrogen (secondary N) is 1. The molecule has 4 atom stereocenters. The van der Waals surface area contributed by atoms with Crippen LogP contribution in [0.15, 0.2) is 12.2 Å². The molecule has 2 rings (SSSR count). The van der Waals surface area contributed by atoms with Gasteiger partial charge in [-0.1, -0.05) is 38.8 Å². The number of fused-ring (bicyclic) bond motifs is 2. The standard InChI is InChI=1S/C15H27NO/c1-3-12(4-2)15(17)10-16-9-14-8-11-5-6-13(14)7-11/h5-6,11-17H,3-4,7-10H2,1-2H3. The van der Waals surface area contributed by atoms with E-state index in [1.165, 1.54) is 12.8 Å². The van der Waals surface area contributed by atoms with Gasteiger partial charge in [0.25, 0.3) is 0 Å². The summed E-state index contributed by atoms with van der Waals surface area (Å²) in [6.07, 6.45) is 9.51. The number of hydrogen-bond acceptors (Lipinski definition) is 2. The second-order valence-electron chi connectivity index (χ2n) is 5.84. The maximum Gasteiger partial charge on any atom is 0.0692 e. The molecule has 0 amide bonds. The second-order valence-corrected chi connectivity index (χ2v) is 5.84. The Bertz CT molecular complexity index is 260. The first kappa shape index (κ1) is 13.1. The molecule has 2 bridgehead atoms. The van der Waals surface area contributed by atoms with Crippen molar-refractivity contribution in [3.63, 3.8) is 0 Å². The van der Waals surface area contributed by atoms with Crippen LogP contribution in [0.25, 0.3) is 0 Å². The van der Waals surface area contributed by atoms with E-state index in [1.54, 1.807) is 0 Å². The summed E-state index contributed by atoms with van der Waals surface area (Å²) in [4.78, 5) is 0. The third kappa shape index (κ3) is 3.11. The van der Waals surface area contributed by atoms with Crippen molar-refractivity contribution in [2.24, 2.45) is 23.7 Å². The van der Waals surface area contributed by atoms with Gasteiger partial charge in [0, 0.05) is 6.54 Å². The Labute approximate surface area is 105 Å². The lowest BCUT2D eigenvalue weighted by molar-refractivity contribution is 0.1000. The zero-order valence-electron chi connectivity index (χ0n) is 11.2. The molecule has 17 heavy (non-hydrogen) atoms. The highest BCUT2D eigenvalue weighted by atomic mass is 16.3. The summed E-state index contributed by atoms with van der Waals surface area (Å²) < 4.78 is 0. The van der Waals surface area contributed by atoms with Gasteiger partial charge in [0.1, 0.15) is 0 Å². The fourth-order valence-electron chi connectivity index (χ4n) is 3.55. The monoisotopic (exact) mass is 237 g/mol. The highest BCUT2D eigenvalue weighted by Crippen LogP contribution is 2.42. The summed E-state index contributed by atoms with van der Waals surface area (Å²) >= 11 is 0. The van der Waals surface area contributed by atoms with Crippen LogP contribution in [0, 0.1) is 23.7 Å². The van der Waals surface area contributed by atoms with Gasteiger partial charge in [-0.25, -0.2) is 0 Å². The van der Waals surface area contributed by atoms with Gasteiger partial charge in [-0.15, -0.1) is 0 Å². The number of rotatable bonds is 7. The Morgan fingerprint density at radius 1 is 1.24 bits per heavy atom. The molecule has 0 saturated heterocycles. The van der Waals surface area contributed by atoms with Crippen LogP contribution in [0.2, 0.25) is 0 Å². The maximum atomic E-state index is 10.0. The first-order valence-electron chi connectivity index (χ1n) is 7.31. The highest BCUT2D eigenvalue weighted by Gasteiger charge is 2.35. The van der Waals surface area contributed by atoms with E-state index >= 15 is 0 Å². The normalized spacial score (nSPS) is 32.6. The highest BCUT2D eigenvalue weighted by molar-refractivity contribution is 5.10. The Morgan fingerprint density at radius 3 is 2.53 bits per heavy atom. The number of allylic oxidation sites excluding steroid dienone is 2. The van der Waals surface area contributed by atoms with E-state index in [1.807, 2.05) is 0 Å². The molecule has 0 aromatic rings. The lowest BCUT2D eigenvalue weighted by Crippen LogP contribution is -2.35. The first-order valence-corrected chi connectivity index (χ1v) is 7.31. The van der Waals surface area contributed by atoms with Crippen LogP contribution in [0.4, 0.5) is 0 Å². The van der Waals surface area contributed by atoms with Crippen molar-refractivity contribution in [3.05, 3.63) is 12.2 Å². The molecular formula is C15H27NO. The van der Waals surface area contributed by atoms with E-state index in [2.05, 4.69) is 31.3 Å². The summed E-state index contributed by atoms with van der Waals surface area (Å²) in [5.74, 6) is 2.95. The van der Waals surface area contributed by atoms with Gasteiger partial charge in [0.05, 0.1) is 6.10 Å². The molecule has 2 nitrogen and oxygen atoms in total. The van der Waals surface area contributed by atoms with Crippen LogP contribution >= 0.6 is 0 Å². The second kappa shape index (κ2) is 6.01. The third-order valence-electron chi connectivity index (χ3n) is 4.77. The van der Waals surface area contributed by atoms with Crippen molar-refractivity contribution in [2.75, 3.05) is 13.1 Å². The van der Waals surface area contributed by atoms with Gasteiger partial charge in [-0.2, -0.15) is 0 Å². The van der Waals surface area contributed by atoms with Gasteiger partial charge in [-0.05, 0) is 43.1 Å². The van der Waals surface area contributed by atoms with Crippen molar-refractivity contribution in [1.29, 1.82) is 0 Å². The summed E-state index contributed by atoms with van der Waals surface area (Å²) in [6.45, 7) is 6.18. The zero-order chi connectivity index (χ0) is 12.3. The maximum absolute atomic E-state index is 10.0. The minimum atomic E-state index is -0.167. The Kier molecular flexibility index (Phi) is 4.63. The Hall–Kier alpha value is -0.340. The van der Waals surface area contributed by atoms with Crippen molar-refractivity contribution >= 4 is 0 Å². The zero-order valence-corrected chi connectivity index (χ0v) is 11.2. The molecule has 2 aliphatic carbocycles. The van der Waals surface area contributed by atoms with Crippen LogP contribution in [-0.4, -0.2) is 24.3 Å². The van der Waals surface area contributed by atoms with E-state index < -0.39 is 0 Å². The first-order chi connectivity index (χ1) is 8.24. The summed E-state index contributed by atoms with van der Waals surface area (Å²) in [5.41, 5.74) is 0. The lowest BCUT2D eigenvalue weighted by atomic mass is 9.93. The molecule has 2 heteroatoms. The fourth-order valence-corrected chi connectivity index (χ4v) is 3.55. The molecule has 1 saturated carbocycles. The number of hydrogen-bond donors (Lipinski definition) is 2. The van der Waals surface area contributed by atoms with Crippen LogP contribution in [0.1, 0.15) is 39.5 Å². The van der Waals surface area contributed by atoms with Crippen LogP contribution in [-0.2, 0) is 0 Å². The van der Waals surface area contributed by atoms with Crippen molar-refractivity contribution in [3.8, 4) is 0 Å². The van der Waals surface area contributed by atoms with Gasteiger partial charge in [0.15, 0.2) is 0 Å². The predicted molar refractivity (Wildman–Crippen MR) is 71.8 cm³/mol. The van der Waals surface area contributed by atoms with Crippen molar-refractivity contribution in [1.82, 2.24) is 5.32 Å². The van der Waals surface area contributed by atoms with E-state index in [0.717, 1.165) is 43.7 Å². The summed E-state index contributed by atoms with van der Waals surface area (Å²) in [6, 6.07) is 0. The van der Waals surface area contributed by atoms with Crippen molar-refractivity contribution < 1.29 is 5.11 Å². The predicted octanol–water partition coefficient (Wildman–Crippen LogP) is 2.59. The molecule has 1 fully saturated rings. The molecule has 98 valence electrons. The molecule has 0 aromatic carbocycles. The molecule has 4 unspecified atom stereocenters. The van der Waals surface area contributed by atoms with Crippen molar-refractivity contribution in [2.45, 2.75) is 45.6 Å². The molecule has 0 radical (unpaired) electrons. The Morgan fingerprint density at radius 2 is 2.00 bits per heavy atom. The molecular weight excluding hydrogens is 210 g/mol. The van der Waals surface area contributed by atoms with Crippen LogP contribution < -0.4 is 5.32 Å². The topological polar surface area (TPSA) is 32.3 Å².